The van der Waals surface area contributed by atoms with Gasteiger partial charge >= 0.3 is 5.97 Å². The fourth-order valence-electron chi connectivity index (χ4n) is 0.177. The molecule has 0 rings (SSSR count). The van der Waals surface area contributed by atoms with Gasteiger partial charge in [0, 0.05) is 27.0 Å². The van der Waals surface area contributed by atoms with Gasteiger partial charge in [0.25, 0.3) is 0 Å². The van der Waals surface area contributed by atoms with E-state index in [1.54, 1.807) is 14.0 Å². The quantitative estimate of drug-likeness (QED) is 0.519. The molecule has 0 saturated carbocycles. The molecule has 0 atom stereocenters. The van der Waals surface area contributed by atoms with E-state index in [1.165, 1.54) is 7.05 Å². The van der Waals surface area contributed by atoms with Crippen LogP contribution in [-0.4, -0.2) is 43.3 Å². The summed E-state index contributed by atoms with van der Waals surface area (Å²) >= 11 is 0. The summed E-state index contributed by atoms with van der Waals surface area (Å²) in [4.78, 5) is 19.4. The Balaban J connectivity index is -0.0000000610. The van der Waals surface area contributed by atoms with E-state index in [1.807, 2.05) is 6.92 Å². The number of aliphatic hydroxyl groups is 1. The second kappa shape index (κ2) is 29.3. The fraction of sp³-hybridized carbons (Fsp3) is 0.778. The molecule has 0 radical (unpaired) electrons. The van der Waals surface area contributed by atoms with Gasteiger partial charge in [0.1, 0.15) is 0 Å². The van der Waals surface area contributed by atoms with Crippen LogP contribution in [0.2, 0.25) is 0 Å². The van der Waals surface area contributed by atoms with Gasteiger partial charge in [0.05, 0.1) is 0 Å². The third-order valence-corrected chi connectivity index (χ3v) is 0.902. The van der Waals surface area contributed by atoms with Crippen molar-refractivity contribution in [1.82, 2.24) is 5.32 Å². The highest BCUT2D eigenvalue weighted by Gasteiger charge is 1.84. The largest absolute Gasteiger partial charge is 0.481 e. The van der Waals surface area contributed by atoms with Gasteiger partial charge < -0.3 is 21.3 Å². The van der Waals surface area contributed by atoms with Crippen LogP contribution < -0.4 is 11.1 Å². The lowest BCUT2D eigenvalue weighted by atomic mass is 10.5. The molecule has 0 aliphatic rings. The summed E-state index contributed by atoms with van der Waals surface area (Å²) in [5.74, 6) is -0.653. The molecule has 15 heavy (non-hydrogen) atoms. The van der Waals surface area contributed by atoms with Crippen LogP contribution in [0.4, 0.5) is 0 Å². The molecule has 1 amide bonds. The molecule has 5 N–H and O–H groups in total. The number of hydrogen-bond donors (Lipinski definition) is 4. The van der Waals surface area contributed by atoms with Crippen molar-refractivity contribution < 1.29 is 19.8 Å². The zero-order valence-corrected chi connectivity index (χ0v) is 10.2. The monoisotopic (exact) mass is 224 g/mol. The van der Waals surface area contributed by atoms with Crippen molar-refractivity contribution in [2.24, 2.45) is 5.73 Å². The van der Waals surface area contributed by atoms with Crippen LogP contribution in [0.3, 0.4) is 0 Å². The van der Waals surface area contributed by atoms with E-state index < -0.39 is 5.97 Å². The molecule has 0 unspecified atom stereocenters. The summed E-state index contributed by atoms with van der Waals surface area (Å²) in [5.41, 5.74) is 4.50. The van der Waals surface area contributed by atoms with Gasteiger partial charge in [0.15, 0.2) is 0 Å². The van der Waals surface area contributed by atoms with E-state index in [0.29, 0.717) is 6.42 Å². The average molecular weight is 224 g/mol. The average Bonchev–Trinajstić information content (AvgIpc) is 2.33. The fourth-order valence-corrected chi connectivity index (χ4v) is 0.177. The Kier molecular flexibility index (Phi) is 46.0. The Morgan fingerprint density at radius 3 is 1.40 bits per heavy atom. The molecule has 6 nitrogen and oxygen atoms in total. The topological polar surface area (TPSA) is 113 Å². The molecule has 0 bridgehead atoms. The van der Waals surface area contributed by atoms with Gasteiger partial charge in [-0.1, -0.05) is 13.8 Å². The van der Waals surface area contributed by atoms with Crippen molar-refractivity contribution in [3.8, 4) is 0 Å². The molecule has 94 valence electrons. The predicted octanol–water partition coefficient (Wildman–Crippen LogP) is -0.193. The standard InChI is InChI=1S/C4H9NO.C3H6O2.CH5N.CH4O/c1-3-4(6)5-2;1-2-3(4)5;2*1-2/h3H2,1-2H3,(H,5,6);2H2,1H3,(H,4,5);2H2,1H3;2H,1H3. The first kappa shape index (κ1) is 23.6. The lowest BCUT2D eigenvalue weighted by molar-refractivity contribution is -0.136. The van der Waals surface area contributed by atoms with Crippen LogP contribution >= 0.6 is 0 Å². The Morgan fingerprint density at radius 1 is 1.13 bits per heavy atom. The Labute approximate surface area is 91.5 Å². The van der Waals surface area contributed by atoms with Crippen molar-refractivity contribution in [3.05, 3.63) is 0 Å². The lowest BCUT2D eigenvalue weighted by Crippen LogP contribution is -2.15. The van der Waals surface area contributed by atoms with Crippen molar-refractivity contribution in [2.45, 2.75) is 26.7 Å². The zero-order valence-electron chi connectivity index (χ0n) is 10.2. The number of carbonyl (C=O) groups is 2. The molecule has 0 aromatic carbocycles. The molecular weight excluding hydrogens is 200 g/mol. The molecular formula is C9H24N2O4. The summed E-state index contributed by atoms with van der Waals surface area (Å²) < 4.78 is 0. The number of carboxylic acids is 1. The second-order valence-corrected chi connectivity index (χ2v) is 1.77. The minimum atomic E-state index is -0.745. The van der Waals surface area contributed by atoms with Crippen LogP contribution in [0, 0.1) is 0 Å². The maximum atomic E-state index is 10.1. The van der Waals surface area contributed by atoms with Gasteiger partial charge in [-0.3, -0.25) is 9.59 Å². The third-order valence-electron chi connectivity index (χ3n) is 0.902. The first-order valence-corrected chi connectivity index (χ1v) is 4.53. The van der Waals surface area contributed by atoms with E-state index in [0.717, 1.165) is 7.11 Å². The molecule has 0 aromatic heterocycles. The Bertz CT molecular complexity index is 123. The summed E-state index contributed by atoms with van der Waals surface area (Å²) in [5, 5.41) is 17.2. The van der Waals surface area contributed by atoms with Gasteiger partial charge in [0.2, 0.25) is 5.91 Å². The molecule has 0 aromatic rings. The van der Waals surface area contributed by atoms with Crippen LogP contribution in [0.15, 0.2) is 0 Å². The number of nitrogens with one attached hydrogen (secondary N) is 1. The number of aliphatic hydroxyl groups excluding tert-OH is 1. The zero-order chi connectivity index (χ0) is 13.3. The minimum Gasteiger partial charge on any atom is -0.481 e. The smallest absolute Gasteiger partial charge is 0.303 e. The summed E-state index contributed by atoms with van der Waals surface area (Å²) in [6, 6.07) is 0. The molecule has 0 saturated heterocycles. The number of aliphatic carboxylic acids is 1. The maximum absolute atomic E-state index is 10.1. The number of hydrogen-bond acceptors (Lipinski definition) is 4. The van der Waals surface area contributed by atoms with Crippen molar-refractivity contribution in [1.29, 1.82) is 0 Å². The van der Waals surface area contributed by atoms with Crippen LogP contribution in [0.1, 0.15) is 26.7 Å². The molecule has 0 spiro atoms. The van der Waals surface area contributed by atoms with E-state index >= 15 is 0 Å². The van der Waals surface area contributed by atoms with Gasteiger partial charge in [-0.25, -0.2) is 0 Å². The number of carbonyl (C=O) groups excluding carboxylic acids is 1. The Morgan fingerprint density at radius 2 is 1.40 bits per heavy atom. The molecule has 0 fully saturated rings. The van der Waals surface area contributed by atoms with Crippen LogP contribution in [0.25, 0.3) is 0 Å². The minimum absolute atomic E-state index is 0.0926. The van der Waals surface area contributed by atoms with E-state index in [9.17, 15) is 9.59 Å². The predicted molar refractivity (Wildman–Crippen MR) is 60.5 cm³/mol. The highest BCUT2D eigenvalue weighted by Crippen LogP contribution is 1.68. The summed E-state index contributed by atoms with van der Waals surface area (Å²) in [6.45, 7) is 3.42. The molecule has 0 heterocycles. The lowest BCUT2D eigenvalue weighted by Gasteiger charge is -1.87. The first-order chi connectivity index (χ1) is 7.08. The van der Waals surface area contributed by atoms with Gasteiger partial charge in [-0.15, -0.1) is 0 Å². The van der Waals surface area contributed by atoms with Crippen LogP contribution in [0.5, 0.6) is 0 Å². The Hall–Kier alpha value is -1.14. The summed E-state index contributed by atoms with van der Waals surface area (Å²) in [6.07, 6.45) is 0.802. The van der Waals surface area contributed by atoms with Crippen LogP contribution in [-0.2, 0) is 9.59 Å². The highest BCUT2D eigenvalue weighted by atomic mass is 16.4. The molecule has 0 aliphatic heterocycles. The number of carboxylic acid groups (broad SMARTS) is 1. The van der Waals surface area contributed by atoms with E-state index in [2.05, 4.69) is 11.1 Å². The second-order valence-electron chi connectivity index (χ2n) is 1.77. The van der Waals surface area contributed by atoms with Crippen molar-refractivity contribution in [2.75, 3.05) is 21.2 Å². The first-order valence-electron chi connectivity index (χ1n) is 4.53. The third kappa shape index (κ3) is 64.2. The van der Waals surface area contributed by atoms with Crippen molar-refractivity contribution in [3.63, 3.8) is 0 Å². The highest BCUT2D eigenvalue weighted by molar-refractivity contribution is 5.74. The molecule has 0 aliphatic carbocycles. The number of rotatable bonds is 2. The molecule has 6 heteroatoms. The van der Waals surface area contributed by atoms with E-state index in [-0.39, 0.29) is 12.3 Å². The van der Waals surface area contributed by atoms with Gasteiger partial charge in [-0.05, 0) is 7.05 Å². The van der Waals surface area contributed by atoms with Gasteiger partial charge in [-0.2, -0.15) is 0 Å². The maximum Gasteiger partial charge on any atom is 0.303 e. The van der Waals surface area contributed by atoms with E-state index in [4.69, 9.17) is 10.2 Å². The van der Waals surface area contributed by atoms with Crippen molar-refractivity contribution >= 4 is 11.9 Å². The number of nitrogens with two attached hydrogens (primary N) is 1. The number of amides is 1. The normalized spacial score (nSPS) is 6.33. The summed E-state index contributed by atoms with van der Waals surface area (Å²) in [7, 11) is 4.13. The SMILES string of the molecule is CCC(=O)NC.CCC(=O)O.CN.CO.